The number of para-hydroxylation sites is 1. The van der Waals surface area contributed by atoms with Crippen molar-refractivity contribution in [3.8, 4) is 33.6 Å². The number of aromatic nitrogens is 2. The van der Waals surface area contributed by atoms with E-state index in [4.69, 9.17) is 0 Å². The summed E-state index contributed by atoms with van der Waals surface area (Å²) in [6, 6.07) is 57.7. The highest BCUT2D eigenvalue weighted by molar-refractivity contribution is 6.22. The molecule has 0 bridgehead atoms. The van der Waals surface area contributed by atoms with Gasteiger partial charge in [0.2, 0.25) is 0 Å². The summed E-state index contributed by atoms with van der Waals surface area (Å²) < 4.78 is 5.03. The zero-order valence-corrected chi connectivity index (χ0v) is 26.5. The van der Waals surface area contributed by atoms with Crippen LogP contribution in [0.15, 0.2) is 164 Å². The summed E-state index contributed by atoms with van der Waals surface area (Å²) >= 11 is 0. The summed E-state index contributed by atoms with van der Waals surface area (Å²) in [5, 5.41) is 6.41. The van der Waals surface area contributed by atoms with Crippen molar-refractivity contribution in [2.45, 2.75) is 12.8 Å². The van der Waals surface area contributed by atoms with E-state index in [1.54, 1.807) is 0 Å². The second kappa shape index (κ2) is 10.7. The molecule has 0 atom stereocenters. The van der Waals surface area contributed by atoms with Crippen molar-refractivity contribution in [2.75, 3.05) is 0 Å². The van der Waals surface area contributed by atoms with Crippen LogP contribution in [0.2, 0.25) is 0 Å². The van der Waals surface area contributed by atoms with E-state index in [9.17, 15) is 0 Å². The van der Waals surface area contributed by atoms with Crippen molar-refractivity contribution in [3.63, 3.8) is 0 Å². The fraction of sp³-hybridized carbons (Fsp3) is 0.0435. The van der Waals surface area contributed by atoms with E-state index in [0.29, 0.717) is 0 Å². The number of hydrogen-bond acceptors (Lipinski definition) is 0. The Kier molecular flexibility index (Phi) is 6.04. The molecule has 1 aliphatic rings. The van der Waals surface area contributed by atoms with E-state index < -0.39 is 0 Å². The maximum Gasteiger partial charge on any atom is 0.0638 e. The Morgan fingerprint density at radius 1 is 0.458 bits per heavy atom. The van der Waals surface area contributed by atoms with Gasteiger partial charge in [0.25, 0.3) is 0 Å². The highest BCUT2D eigenvalue weighted by Crippen LogP contribution is 2.43. The first-order valence-electron chi connectivity index (χ1n) is 16.8. The van der Waals surface area contributed by atoms with Gasteiger partial charge in [-0.05, 0) is 82.3 Å². The summed E-state index contributed by atoms with van der Waals surface area (Å²) in [4.78, 5) is 0. The van der Waals surface area contributed by atoms with Crippen molar-refractivity contribution in [1.29, 1.82) is 0 Å². The summed E-state index contributed by atoms with van der Waals surface area (Å²) in [7, 11) is 0. The van der Waals surface area contributed by atoms with Crippen LogP contribution in [0.25, 0.3) is 83.2 Å². The van der Waals surface area contributed by atoms with Crippen molar-refractivity contribution >= 4 is 49.6 Å². The predicted molar refractivity (Wildman–Crippen MR) is 203 cm³/mol. The molecular weight excluding hydrogens is 581 g/mol. The van der Waals surface area contributed by atoms with Gasteiger partial charge in [-0.1, -0.05) is 133 Å². The van der Waals surface area contributed by atoms with E-state index in [1.807, 2.05) is 0 Å². The molecule has 0 N–H and O–H groups in total. The van der Waals surface area contributed by atoms with Crippen LogP contribution in [0.1, 0.15) is 17.7 Å². The third-order valence-electron chi connectivity index (χ3n) is 10.2. The average Bonchev–Trinajstić information content (AvgIpc) is 3.68. The number of benzene rings is 7. The van der Waals surface area contributed by atoms with Gasteiger partial charge in [-0.25, -0.2) is 0 Å². The van der Waals surface area contributed by atoms with Gasteiger partial charge in [-0.3, -0.25) is 0 Å². The van der Waals surface area contributed by atoms with Crippen LogP contribution in [-0.2, 0) is 6.42 Å². The normalized spacial score (nSPS) is 12.8. The molecule has 2 aromatic heterocycles. The maximum atomic E-state index is 2.56. The van der Waals surface area contributed by atoms with Crippen LogP contribution in [0.5, 0.6) is 0 Å². The number of nitrogens with zero attached hydrogens (tertiary/aromatic N) is 2. The van der Waals surface area contributed by atoms with Gasteiger partial charge in [-0.2, -0.15) is 0 Å². The van der Waals surface area contributed by atoms with Gasteiger partial charge in [0.1, 0.15) is 0 Å². The van der Waals surface area contributed by atoms with Gasteiger partial charge < -0.3 is 9.13 Å². The highest BCUT2D eigenvalue weighted by Gasteiger charge is 2.24. The Balaban J connectivity index is 1.27. The highest BCUT2D eigenvalue weighted by atomic mass is 15.0. The zero-order chi connectivity index (χ0) is 31.6. The Labute approximate surface area is 279 Å². The molecule has 0 fully saturated rings. The summed E-state index contributed by atoms with van der Waals surface area (Å²) in [5.74, 6) is 0. The van der Waals surface area contributed by atoms with Gasteiger partial charge in [0.05, 0.1) is 16.6 Å². The number of rotatable bonds is 4. The van der Waals surface area contributed by atoms with Crippen LogP contribution in [0.4, 0.5) is 0 Å². The lowest BCUT2D eigenvalue weighted by atomic mass is 9.98. The molecule has 0 spiro atoms. The van der Waals surface area contributed by atoms with Gasteiger partial charge >= 0.3 is 0 Å². The topological polar surface area (TPSA) is 9.86 Å². The molecule has 0 saturated carbocycles. The van der Waals surface area contributed by atoms with Crippen molar-refractivity contribution in [3.05, 3.63) is 175 Å². The number of allylic oxidation sites excluding steroid dienone is 1. The fourth-order valence-electron chi connectivity index (χ4n) is 8.06. The molecule has 0 aliphatic heterocycles. The first kappa shape index (κ1) is 27.0. The fourth-order valence-corrected chi connectivity index (χ4v) is 8.06. The standard InChI is InChI=1S/C46H32N2/c1-2-13-31(14-3-1)33-17-10-20-36(29-33)48-42-25-8-6-22-39(42)40-27-28-44-45(46(40)48)41-23-7-9-26-43(41)47(44)35-19-11-18-34(30-35)38-24-12-16-32-15-4-5-21-37(32)38/h1-7,9-24,26-30H,8,25H2. The van der Waals surface area contributed by atoms with E-state index in [2.05, 4.69) is 179 Å². The molecule has 7 aromatic carbocycles. The quantitative estimate of drug-likeness (QED) is 0.187. The minimum atomic E-state index is 1.02. The second-order valence-corrected chi connectivity index (χ2v) is 12.8. The molecule has 2 nitrogen and oxygen atoms in total. The third kappa shape index (κ3) is 4.06. The first-order valence-corrected chi connectivity index (χ1v) is 16.8. The van der Waals surface area contributed by atoms with Crippen LogP contribution in [0.3, 0.4) is 0 Å². The Morgan fingerprint density at radius 2 is 1.15 bits per heavy atom. The number of hydrogen-bond donors (Lipinski definition) is 0. The second-order valence-electron chi connectivity index (χ2n) is 12.8. The molecule has 0 amide bonds. The molecule has 1 aliphatic carbocycles. The smallest absolute Gasteiger partial charge is 0.0638 e. The van der Waals surface area contributed by atoms with Crippen LogP contribution >= 0.6 is 0 Å². The maximum absolute atomic E-state index is 2.56. The van der Waals surface area contributed by atoms with E-state index in [-0.39, 0.29) is 0 Å². The van der Waals surface area contributed by atoms with Gasteiger partial charge in [-0.15, -0.1) is 0 Å². The van der Waals surface area contributed by atoms with Crippen LogP contribution < -0.4 is 0 Å². The predicted octanol–water partition coefficient (Wildman–Crippen LogP) is 12.2. The largest absolute Gasteiger partial charge is 0.312 e. The average molecular weight is 613 g/mol. The molecule has 0 radical (unpaired) electrons. The molecule has 9 aromatic rings. The Morgan fingerprint density at radius 3 is 2.04 bits per heavy atom. The molecule has 2 heterocycles. The van der Waals surface area contributed by atoms with Gasteiger partial charge in [0, 0.05) is 38.8 Å². The lowest BCUT2D eigenvalue weighted by Crippen LogP contribution is -2.03. The SMILES string of the molecule is C1=Cc2c(n(-c3cccc(-c4ccccc4)c3)c3c2ccc2c3c3ccccc3n2-c2cccc(-c3cccc4ccccc34)c2)CC1. The Bertz CT molecular complexity index is 2720. The lowest BCUT2D eigenvalue weighted by Gasteiger charge is -2.15. The van der Waals surface area contributed by atoms with E-state index in [0.717, 1.165) is 12.8 Å². The molecular formula is C46H32N2. The van der Waals surface area contributed by atoms with E-state index in [1.165, 1.54) is 88.4 Å². The number of fused-ring (bicyclic) bond motifs is 8. The third-order valence-corrected chi connectivity index (χ3v) is 10.2. The van der Waals surface area contributed by atoms with Crippen molar-refractivity contribution in [1.82, 2.24) is 9.13 Å². The van der Waals surface area contributed by atoms with Gasteiger partial charge in [0.15, 0.2) is 0 Å². The molecule has 0 unspecified atom stereocenters. The molecule has 0 saturated heterocycles. The van der Waals surface area contributed by atoms with Crippen LogP contribution in [0, 0.1) is 0 Å². The summed E-state index contributed by atoms with van der Waals surface area (Å²) in [6.07, 6.45) is 6.74. The molecule has 10 rings (SSSR count). The summed E-state index contributed by atoms with van der Waals surface area (Å²) in [5.41, 5.74) is 13.8. The molecule has 48 heavy (non-hydrogen) atoms. The van der Waals surface area contributed by atoms with Crippen LogP contribution in [-0.4, -0.2) is 9.13 Å². The Hall–Kier alpha value is -6.12. The lowest BCUT2D eigenvalue weighted by molar-refractivity contribution is 0.890. The molecule has 226 valence electrons. The minimum absolute atomic E-state index is 1.02. The van der Waals surface area contributed by atoms with Crippen molar-refractivity contribution < 1.29 is 0 Å². The monoisotopic (exact) mass is 612 g/mol. The minimum Gasteiger partial charge on any atom is -0.312 e. The van der Waals surface area contributed by atoms with Crippen molar-refractivity contribution in [2.24, 2.45) is 0 Å². The molecule has 2 heteroatoms. The summed E-state index contributed by atoms with van der Waals surface area (Å²) in [6.45, 7) is 0. The van der Waals surface area contributed by atoms with E-state index >= 15 is 0 Å². The first-order chi connectivity index (χ1) is 23.8. The zero-order valence-electron chi connectivity index (χ0n) is 26.5.